The molecule has 3 nitrogen and oxygen atoms in total. The first-order valence-electron chi connectivity index (χ1n) is 4.41. The molecule has 0 fully saturated rings. The molecule has 1 rings (SSSR count). The van der Waals surface area contributed by atoms with Crippen molar-refractivity contribution >= 4 is 0 Å². The lowest BCUT2D eigenvalue weighted by Crippen LogP contribution is -2.24. The van der Waals surface area contributed by atoms with Crippen molar-refractivity contribution in [3.8, 4) is 0 Å². The molecule has 1 N–H and O–H groups in total. The van der Waals surface area contributed by atoms with Crippen LogP contribution in [-0.4, -0.2) is 21.5 Å². The maximum atomic E-state index is 13.3. The monoisotopic (exact) mass is 204 g/mol. The van der Waals surface area contributed by atoms with E-state index in [0.717, 1.165) is 4.68 Å². The van der Waals surface area contributed by atoms with Crippen LogP contribution in [0, 0.1) is 0 Å². The van der Waals surface area contributed by atoms with Crippen molar-refractivity contribution in [2.75, 3.05) is 6.61 Å². The number of hydrogen-bond donors (Lipinski definition) is 1. The summed E-state index contributed by atoms with van der Waals surface area (Å²) < 4.78 is 27.7. The number of alkyl halides is 2. The molecule has 5 heteroatoms. The topological polar surface area (TPSA) is 38.0 Å². The molecule has 0 spiro atoms. The summed E-state index contributed by atoms with van der Waals surface area (Å²) in [5.41, 5.74) is 0.279. The van der Waals surface area contributed by atoms with E-state index in [1.165, 1.54) is 13.2 Å². The van der Waals surface area contributed by atoms with Crippen LogP contribution in [0.25, 0.3) is 0 Å². The highest BCUT2D eigenvalue weighted by atomic mass is 19.3. The third-order valence-electron chi connectivity index (χ3n) is 2.13. The number of halogens is 2. The summed E-state index contributed by atoms with van der Waals surface area (Å²) in [6.07, 6.45) is 1.42. The van der Waals surface area contributed by atoms with Crippen LogP contribution in [0.3, 0.4) is 0 Å². The van der Waals surface area contributed by atoms with Gasteiger partial charge in [0.15, 0.2) is 0 Å². The van der Waals surface area contributed by atoms with Gasteiger partial charge >= 0.3 is 5.92 Å². The van der Waals surface area contributed by atoms with Gasteiger partial charge < -0.3 is 5.11 Å². The number of aliphatic hydroxyl groups is 1. The van der Waals surface area contributed by atoms with Gasteiger partial charge in [0.1, 0.15) is 12.3 Å². The number of nitrogens with zero attached hydrogens (tertiary/aromatic N) is 2. The SMILES string of the molecule is CC(C)c1cnn(C)c1C(F)(F)CO. The first-order chi connectivity index (χ1) is 6.40. The Labute approximate surface area is 81.4 Å². The summed E-state index contributed by atoms with van der Waals surface area (Å²) in [7, 11) is 1.45. The van der Waals surface area contributed by atoms with E-state index < -0.39 is 12.5 Å². The van der Waals surface area contributed by atoms with Crippen LogP contribution in [-0.2, 0) is 13.0 Å². The second-order valence-electron chi connectivity index (χ2n) is 3.59. The van der Waals surface area contributed by atoms with Crippen LogP contribution in [0.15, 0.2) is 6.20 Å². The Hall–Kier alpha value is -0.970. The Balaban J connectivity index is 3.24. The molecule has 0 aliphatic heterocycles. The minimum absolute atomic E-state index is 0.0314. The highest BCUT2D eigenvalue weighted by Crippen LogP contribution is 2.32. The van der Waals surface area contributed by atoms with E-state index in [1.807, 2.05) is 13.8 Å². The molecule has 0 bridgehead atoms. The molecule has 0 saturated heterocycles. The third kappa shape index (κ3) is 1.77. The van der Waals surface area contributed by atoms with Gasteiger partial charge in [0.25, 0.3) is 0 Å². The van der Waals surface area contributed by atoms with Crippen LogP contribution >= 0.6 is 0 Å². The molecule has 1 heterocycles. The van der Waals surface area contributed by atoms with Crippen molar-refractivity contribution in [3.63, 3.8) is 0 Å². The first-order valence-corrected chi connectivity index (χ1v) is 4.41. The van der Waals surface area contributed by atoms with Gasteiger partial charge in [-0.25, -0.2) is 0 Å². The number of aliphatic hydroxyl groups excluding tert-OH is 1. The van der Waals surface area contributed by atoms with Gasteiger partial charge in [-0.05, 0) is 5.92 Å². The van der Waals surface area contributed by atoms with E-state index in [9.17, 15) is 8.78 Å². The fourth-order valence-electron chi connectivity index (χ4n) is 1.40. The van der Waals surface area contributed by atoms with Gasteiger partial charge in [0.05, 0.1) is 6.20 Å². The Kier molecular flexibility index (Phi) is 2.89. The van der Waals surface area contributed by atoms with Crippen molar-refractivity contribution in [1.82, 2.24) is 9.78 Å². The van der Waals surface area contributed by atoms with Crippen LogP contribution in [0.1, 0.15) is 31.0 Å². The van der Waals surface area contributed by atoms with Gasteiger partial charge in [0, 0.05) is 12.6 Å². The number of hydrogen-bond acceptors (Lipinski definition) is 2. The second kappa shape index (κ2) is 3.65. The Bertz CT molecular complexity index is 321. The molecular formula is C9H14F2N2O. The molecule has 80 valence electrons. The first kappa shape index (κ1) is 11.1. The zero-order valence-electron chi connectivity index (χ0n) is 8.46. The minimum atomic E-state index is -3.22. The van der Waals surface area contributed by atoms with E-state index in [1.54, 1.807) is 0 Å². The van der Waals surface area contributed by atoms with Crippen molar-refractivity contribution < 1.29 is 13.9 Å². The molecule has 14 heavy (non-hydrogen) atoms. The minimum Gasteiger partial charge on any atom is -0.390 e. The van der Waals surface area contributed by atoms with Gasteiger partial charge in [-0.3, -0.25) is 4.68 Å². The van der Waals surface area contributed by atoms with E-state index in [2.05, 4.69) is 5.10 Å². The largest absolute Gasteiger partial charge is 0.390 e. The van der Waals surface area contributed by atoms with Gasteiger partial charge in [-0.15, -0.1) is 0 Å². The van der Waals surface area contributed by atoms with Crippen molar-refractivity contribution in [2.45, 2.75) is 25.7 Å². The maximum Gasteiger partial charge on any atom is 0.312 e. The smallest absolute Gasteiger partial charge is 0.312 e. The molecule has 0 saturated carbocycles. The molecule has 1 aromatic heterocycles. The number of aryl methyl sites for hydroxylation is 1. The molecule has 0 aliphatic rings. The average Bonchev–Trinajstić information content (AvgIpc) is 2.47. The van der Waals surface area contributed by atoms with Gasteiger partial charge in [0.2, 0.25) is 0 Å². The van der Waals surface area contributed by atoms with Crippen LogP contribution < -0.4 is 0 Å². The van der Waals surface area contributed by atoms with E-state index in [0.29, 0.717) is 5.56 Å². The van der Waals surface area contributed by atoms with E-state index >= 15 is 0 Å². The highest BCUT2D eigenvalue weighted by Gasteiger charge is 2.37. The summed E-state index contributed by atoms with van der Waals surface area (Å²) in [4.78, 5) is 0. The summed E-state index contributed by atoms with van der Waals surface area (Å²) in [6.45, 7) is 2.44. The molecule has 0 radical (unpaired) electrons. The zero-order valence-corrected chi connectivity index (χ0v) is 8.46. The van der Waals surface area contributed by atoms with Crippen LogP contribution in [0.5, 0.6) is 0 Å². The molecule has 0 aromatic carbocycles. The molecule has 1 aromatic rings. The zero-order chi connectivity index (χ0) is 10.9. The maximum absolute atomic E-state index is 13.3. The normalized spacial score (nSPS) is 12.5. The summed E-state index contributed by atoms with van der Waals surface area (Å²) in [6, 6.07) is 0. The lowest BCUT2D eigenvalue weighted by Gasteiger charge is -2.17. The molecule has 0 aliphatic carbocycles. The fourth-order valence-corrected chi connectivity index (χ4v) is 1.40. The van der Waals surface area contributed by atoms with Crippen LogP contribution in [0.2, 0.25) is 0 Å². The van der Waals surface area contributed by atoms with Crippen molar-refractivity contribution in [2.24, 2.45) is 7.05 Å². The molecule has 0 amide bonds. The standard InChI is InChI=1S/C9H14F2N2O/c1-6(2)7-4-12-13(3)8(7)9(10,11)5-14/h4,6,14H,5H2,1-3H3. The summed E-state index contributed by atoms with van der Waals surface area (Å²) >= 11 is 0. The molecule has 0 unspecified atom stereocenters. The fraction of sp³-hybridized carbons (Fsp3) is 0.667. The average molecular weight is 204 g/mol. The van der Waals surface area contributed by atoms with Gasteiger partial charge in [-0.1, -0.05) is 13.8 Å². The summed E-state index contributed by atoms with van der Waals surface area (Å²) in [5, 5.41) is 12.4. The predicted molar refractivity (Wildman–Crippen MR) is 48.3 cm³/mol. The summed E-state index contributed by atoms with van der Waals surface area (Å²) in [5.74, 6) is -3.25. The number of rotatable bonds is 3. The Morgan fingerprint density at radius 1 is 1.57 bits per heavy atom. The lowest BCUT2D eigenvalue weighted by molar-refractivity contribution is -0.0628. The van der Waals surface area contributed by atoms with E-state index in [-0.39, 0.29) is 11.6 Å². The lowest BCUT2D eigenvalue weighted by atomic mass is 10.0. The van der Waals surface area contributed by atoms with Gasteiger partial charge in [-0.2, -0.15) is 13.9 Å². The van der Waals surface area contributed by atoms with Crippen molar-refractivity contribution in [3.05, 3.63) is 17.5 Å². The number of aromatic nitrogens is 2. The van der Waals surface area contributed by atoms with Crippen molar-refractivity contribution in [1.29, 1.82) is 0 Å². The Morgan fingerprint density at radius 2 is 2.14 bits per heavy atom. The predicted octanol–water partition coefficient (Wildman–Crippen LogP) is 1.63. The molecule has 0 atom stereocenters. The molecular weight excluding hydrogens is 190 g/mol. The van der Waals surface area contributed by atoms with Crippen LogP contribution in [0.4, 0.5) is 8.78 Å². The Morgan fingerprint density at radius 3 is 2.57 bits per heavy atom. The third-order valence-corrected chi connectivity index (χ3v) is 2.13. The van der Waals surface area contributed by atoms with E-state index in [4.69, 9.17) is 5.11 Å². The highest BCUT2D eigenvalue weighted by molar-refractivity contribution is 5.25. The second-order valence-corrected chi connectivity index (χ2v) is 3.59. The quantitative estimate of drug-likeness (QED) is 0.812.